The number of hydrogen-bond acceptors (Lipinski definition) is 3. The number of halogens is 3. The number of rotatable bonds is 5. The van der Waals surface area contributed by atoms with Crippen LogP contribution >= 0.6 is 35.8 Å². The smallest absolute Gasteiger partial charge is 0.224 e. The second-order valence-electron chi connectivity index (χ2n) is 6.44. The fraction of sp³-hybridized carbons (Fsp3) is 0.350. The molecule has 1 saturated heterocycles. The maximum absolute atomic E-state index is 13.4. The maximum Gasteiger partial charge on any atom is 0.224 e. The van der Waals surface area contributed by atoms with Crippen LogP contribution in [0.25, 0.3) is 0 Å². The highest BCUT2D eigenvalue weighted by molar-refractivity contribution is 7.99. The van der Waals surface area contributed by atoms with Gasteiger partial charge in [-0.3, -0.25) is 4.79 Å². The van der Waals surface area contributed by atoms with Crippen LogP contribution in [-0.4, -0.2) is 41.9 Å². The van der Waals surface area contributed by atoms with Gasteiger partial charge in [-0.05, 0) is 35.4 Å². The Kier molecular flexibility index (Phi) is 8.42. The third-order valence-corrected chi connectivity index (χ3v) is 5.95. The molecule has 0 aliphatic carbocycles. The number of nitrogens with one attached hydrogen (secondary N) is 1. The molecule has 7 heteroatoms. The Bertz CT molecular complexity index is 691. The molecule has 0 bridgehead atoms. The lowest BCUT2D eigenvalue weighted by molar-refractivity contribution is -0.131. The molecule has 27 heavy (non-hydrogen) atoms. The molecule has 1 fully saturated rings. The van der Waals surface area contributed by atoms with Crippen molar-refractivity contribution in [2.75, 3.05) is 25.1 Å². The molecule has 0 saturated carbocycles. The molecule has 0 aromatic heterocycles. The Morgan fingerprint density at radius 2 is 1.81 bits per heavy atom. The Balaban J connectivity index is 0.00000261. The Labute approximate surface area is 175 Å². The van der Waals surface area contributed by atoms with Crippen LogP contribution in [0.1, 0.15) is 23.6 Å². The zero-order valence-corrected chi connectivity index (χ0v) is 17.4. The lowest BCUT2D eigenvalue weighted by atomic mass is 9.97. The van der Waals surface area contributed by atoms with E-state index >= 15 is 0 Å². The average Bonchev–Trinajstić information content (AvgIpc) is 2.65. The molecule has 3 nitrogen and oxygen atoms in total. The minimum atomic E-state index is -0.291. The minimum absolute atomic E-state index is 0. The molecule has 1 heterocycles. The largest absolute Gasteiger partial charge is 0.335 e. The summed E-state index contributed by atoms with van der Waals surface area (Å²) in [5.41, 5.74) is 1.82. The van der Waals surface area contributed by atoms with Gasteiger partial charge in [-0.2, -0.15) is 11.8 Å². The number of benzene rings is 2. The number of thioether (sulfide) groups is 1. The van der Waals surface area contributed by atoms with Gasteiger partial charge in [0.25, 0.3) is 0 Å². The van der Waals surface area contributed by atoms with Crippen LogP contribution in [0.15, 0.2) is 48.5 Å². The number of carbonyl (C=O) groups is 1. The molecule has 2 atom stereocenters. The SMILES string of the molecule is CN(C(=O)CC1CSCCN1)C(c1ccc(F)cc1)c1ccc(Cl)cc1.Cl. The van der Waals surface area contributed by atoms with E-state index in [1.54, 1.807) is 24.1 Å². The maximum atomic E-state index is 13.4. The van der Waals surface area contributed by atoms with Gasteiger partial charge in [0.1, 0.15) is 5.82 Å². The predicted octanol–water partition coefficient (Wildman–Crippen LogP) is 4.54. The highest BCUT2D eigenvalue weighted by Crippen LogP contribution is 2.29. The van der Waals surface area contributed by atoms with E-state index in [1.807, 2.05) is 36.0 Å². The van der Waals surface area contributed by atoms with Crippen molar-refractivity contribution >= 4 is 41.7 Å². The molecule has 2 unspecified atom stereocenters. The molecule has 1 aliphatic rings. The summed E-state index contributed by atoms with van der Waals surface area (Å²) in [6.07, 6.45) is 0.453. The molecule has 2 aromatic rings. The molecular formula is C20H23Cl2FN2OS. The van der Waals surface area contributed by atoms with E-state index in [2.05, 4.69) is 5.32 Å². The summed E-state index contributed by atoms with van der Waals surface area (Å²) in [6.45, 7) is 0.935. The average molecular weight is 429 g/mol. The van der Waals surface area contributed by atoms with Gasteiger partial charge in [0.2, 0.25) is 5.91 Å². The van der Waals surface area contributed by atoms with E-state index in [0.717, 1.165) is 29.2 Å². The Hall–Kier alpha value is -1.27. The Morgan fingerprint density at radius 3 is 2.37 bits per heavy atom. The van der Waals surface area contributed by atoms with Crippen LogP contribution < -0.4 is 5.32 Å². The van der Waals surface area contributed by atoms with Gasteiger partial charge in [-0.25, -0.2) is 4.39 Å². The number of nitrogens with zero attached hydrogens (tertiary/aromatic N) is 1. The summed E-state index contributed by atoms with van der Waals surface area (Å²) in [7, 11) is 1.81. The summed E-state index contributed by atoms with van der Waals surface area (Å²) in [4.78, 5) is 14.7. The molecular weight excluding hydrogens is 406 g/mol. The van der Waals surface area contributed by atoms with Crippen LogP contribution in [0.4, 0.5) is 4.39 Å². The van der Waals surface area contributed by atoms with E-state index in [4.69, 9.17) is 11.6 Å². The van der Waals surface area contributed by atoms with Crippen molar-refractivity contribution in [3.63, 3.8) is 0 Å². The molecule has 3 rings (SSSR count). The van der Waals surface area contributed by atoms with Crippen molar-refractivity contribution in [2.24, 2.45) is 0 Å². The summed E-state index contributed by atoms with van der Waals surface area (Å²) >= 11 is 7.88. The highest BCUT2D eigenvalue weighted by atomic mass is 35.5. The quantitative estimate of drug-likeness (QED) is 0.758. The first-order valence-corrected chi connectivity index (χ1v) is 10.2. The molecule has 2 aromatic carbocycles. The molecule has 0 radical (unpaired) electrons. The van der Waals surface area contributed by atoms with Crippen molar-refractivity contribution in [2.45, 2.75) is 18.5 Å². The van der Waals surface area contributed by atoms with Crippen LogP contribution in [0.5, 0.6) is 0 Å². The lowest BCUT2D eigenvalue weighted by Crippen LogP contribution is -2.42. The molecule has 1 aliphatic heterocycles. The predicted molar refractivity (Wildman–Crippen MR) is 113 cm³/mol. The standard InChI is InChI=1S/C20H22ClFN2OS.ClH/c1-24(19(25)12-18-13-26-11-10-23-18)20(14-2-6-16(21)7-3-14)15-4-8-17(22)9-5-15;/h2-9,18,20,23H,10-13H2,1H3;1H. The number of amides is 1. The van der Waals surface area contributed by atoms with Gasteiger partial charge in [-0.15, -0.1) is 12.4 Å². The fourth-order valence-corrected chi connectivity index (χ4v) is 4.25. The van der Waals surface area contributed by atoms with Crippen molar-refractivity contribution in [3.05, 3.63) is 70.5 Å². The van der Waals surface area contributed by atoms with E-state index in [1.165, 1.54) is 12.1 Å². The summed E-state index contributed by atoms with van der Waals surface area (Å²) in [5.74, 6) is 1.81. The van der Waals surface area contributed by atoms with Crippen LogP contribution in [0, 0.1) is 5.82 Å². The second-order valence-corrected chi connectivity index (χ2v) is 8.03. The van der Waals surface area contributed by atoms with E-state index in [0.29, 0.717) is 11.4 Å². The van der Waals surface area contributed by atoms with Crippen molar-refractivity contribution in [3.8, 4) is 0 Å². The monoisotopic (exact) mass is 428 g/mol. The topological polar surface area (TPSA) is 32.3 Å². The van der Waals surface area contributed by atoms with Crippen molar-refractivity contribution in [1.29, 1.82) is 0 Å². The summed E-state index contributed by atoms with van der Waals surface area (Å²) < 4.78 is 13.4. The highest BCUT2D eigenvalue weighted by Gasteiger charge is 2.26. The zero-order chi connectivity index (χ0) is 18.5. The molecule has 1 N–H and O–H groups in total. The minimum Gasteiger partial charge on any atom is -0.335 e. The third kappa shape index (κ3) is 5.85. The van der Waals surface area contributed by atoms with E-state index in [9.17, 15) is 9.18 Å². The summed E-state index contributed by atoms with van der Waals surface area (Å²) in [6, 6.07) is 13.7. The van der Waals surface area contributed by atoms with E-state index in [-0.39, 0.29) is 36.2 Å². The number of hydrogen-bond donors (Lipinski definition) is 1. The molecule has 0 spiro atoms. The zero-order valence-electron chi connectivity index (χ0n) is 15.0. The van der Waals surface area contributed by atoms with Gasteiger partial charge in [0.15, 0.2) is 0 Å². The van der Waals surface area contributed by atoms with Gasteiger partial charge in [0, 0.05) is 42.6 Å². The summed E-state index contributed by atoms with van der Waals surface area (Å²) in [5, 5.41) is 4.05. The first kappa shape index (κ1) is 22.0. The van der Waals surface area contributed by atoms with Crippen molar-refractivity contribution in [1.82, 2.24) is 10.2 Å². The number of carbonyl (C=O) groups excluding carboxylic acids is 1. The van der Waals surface area contributed by atoms with Gasteiger partial charge >= 0.3 is 0 Å². The van der Waals surface area contributed by atoms with Crippen LogP contribution in [0.3, 0.4) is 0 Å². The van der Waals surface area contributed by atoms with Crippen molar-refractivity contribution < 1.29 is 9.18 Å². The van der Waals surface area contributed by atoms with Gasteiger partial charge in [-0.1, -0.05) is 35.9 Å². The molecule has 1 amide bonds. The van der Waals surface area contributed by atoms with Gasteiger partial charge < -0.3 is 10.2 Å². The Morgan fingerprint density at radius 1 is 1.22 bits per heavy atom. The second kappa shape index (κ2) is 10.3. The fourth-order valence-electron chi connectivity index (χ4n) is 3.18. The first-order valence-electron chi connectivity index (χ1n) is 8.62. The lowest BCUT2D eigenvalue weighted by Gasteiger charge is -2.31. The van der Waals surface area contributed by atoms with Crippen LogP contribution in [-0.2, 0) is 4.79 Å². The van der Waals surface area contributed by atoms with E-state index < -0.39 is 0 Å². The normalized spacial score (nSPS) is 17.7. The third-order valence-electron chi connectivity index (χ3n) is 4.57. The van der Waals surface area contributed by atoms with Crippen LogP contribution in [0.2, 0.25) is 5.02 Å². The van der Waals surface area contributed by atoms with Gasteiger partial charge in [0.05, 0.1) is 6.04 Å². The first-order chi connectivity index (χ1) is 12.5. The molecule has 146 valence electrons.